The Balaban J connectivity index is 1.75. The van der Waals surface area contributed by atoms with Crippen molar-refractivity contribution in [2.24, 2.45) is 0 Å². The van der Waals surface area contributed by atoms with E-state index in [1.54, 1.807) is 6.07 Å². The molecule has 0 aliphatic heterocycles. The number of hydrogen-bond acceptors (Lipinski definition) is 4. The molecule has 0 spiro atoms. The molecule has 0 amide bonds. The van der Waals surface area contributed by atoms with Crippen LogP contribution >= 0.6 is 11.3 Å². The van der Waals surface area contributed by atoms with Gasteiger partial charge >= 0.3 is 12.4 Å². The highest BCUT2D eigenvalue weighted by molar-refractivity contribution is 7.13. The summed E-state index contributed by atoms with van der Waals surface area (Å²) in [5, 5.41) is 12.7. The standard InChI is InChI=1S/C25H14F6N2OS/c1-13-9-16(24(26,27)28)12-19(25(29,30)31)22(13)34-23-18-11-15-6-3-2-5-14(15)10-17(18)21(32-33-23)20-7-4-8-35-20/h2-12H,1H3. The van der Waals surface area contributed by atoms with E-state index in [1.165, 1.54) is 11.3 Å². The van der Waals surface area contributed by atoms with Crippen molar-refractivity contribution in [1.29, 1.82) is 0 Å². The minimum absolute atomic E-state index is 0.0490. The highest BCUT2D eigenvalue weighted by Gasteiger charge is 2.40. The quantitative estimate of drug-likeness (QED) is 0.182. The van der Waals surface area contributed by atoms with Crippen LogP contribution in [-0.4, -0.2) is 10.2 Å². The molecule has 0 aliphatic rings. The van der Waals surface area contributed by atoms with Gasteiger partial charge in [0.1, 0.15) is 11.4 Å². The van der Waals surface area contributed by atoms with Crippen LogP contribution in [0.1, 0.15) is 16.7 Å². The lowest BCUT2D eigenvalue weighted by molar-refractivity contribution is -0.143. The van der Waals surface area contributed by atoms with Gasteiger partial charge in [0.25, 0.3) is 0 Å². The molecule has 5 aromatic rings. The van der Waals surface area contributed by atoms with Crippen LogP contribution in [0, 0.1) is 6.92 Å². The number of rotatable bonds is 3. The van der Waals surface area contributed by atoms with E-state index in [4.69, 9.17) is 4.74 Å². The maximum atomic E-state index is 13.8. The molecule has 0 bridgehead atoms. The fraction of sp³-hybridized carbons (Fsp3) is 0.120. The molecule has 0 aliphatic carbocycles. The Morgan fingerprint density at radius 3 is 2.06 bits per heavy atom. The average Bonchev–Trinajstić information content (AvgIpc) is 3.32. The highest BCUT2D eigenvalue weighted by atomic mass is 32.1. The summed E-state index contributed by atoms with van der Waals surface area (Å²) in [4.78, 5) is 0.797. The first-order valence-electron chi connectivity index (χ1n) is 10.2. The summed E-state index contributed by atoms with van der Waals surface area (Å²) >= 11 is 1.42. The minimum Gasteiger partial charge on any atom is -0.436 e. The van der Waals surface area contributed by atoms with Crippen molar-refractivity contribution in [2.75, 3.05) is 0 Å². The van der Waals surface area contributed by atoms with E-state index < -0.39 is 29.2 Å². The largest absolute Gasteiger partial charge is 0.436 e. The Kier molecular flexibility index (Phi) is 5.43. The SMILES string of the molecule is Cc1cc(C(F)(F)F)cc(C(F)(F)F)c1Oc1nnc(-c2cccs2)c2cc3ccccc3cc12. The summed E-state index contributed by atoms with van der Waals surface area (Å²) in [7, 11) is 0. The second kappa shape index (κ2) is 8.23. The van der Waals surface area contributed by atoms with Crippen molar-refractivity contribution in [3.63, 3.8) is 0 Å². The first-order chi connectivity index (χ1) is 16.5. The van der Waals surface area contributed by atoms with Gasteiger partial charge in [-0.1, -0.05) is 30.3 Å². The number of halogens is 6. The molecular formula is C25H14F6N2OS. The Labute approximate surface area is 198 Å². The van der Waals surface area contributed by atoms with E-state index in [1.807, 2.05) is 47.8 Å². The third-order valence-corrected chi connectivity index (χ3v) is 6.35. The first kappa shape index (κ1) is 23.1. The number of aryl methyl sites for hydroxylation is 1. The third kappa shape index (κ3) is 4.29. The molecule has 3 aromatic carbocycles. The van der Waals surface area contributed by atoms with E-state index >= 15 is 0 Å². The first-order valence-corrected chi connectivity index (χ1v) is 11.1. The molecule has 35 heavy (non-hydrogen) atoms. The Morgan fingerprint density at radius 1 is 0.771 bits per heavy atom. The van der Waals surface area contributed by atoms with Gasteiger partial charge in [-0.15, -0.1) is 21.5 Å². The van der Waals surface area contributed by atoms with Crippen LogP contribution in [0.5, 0.6) is 11.6 Å². The molecule has 0 unspecified atom stereocenters. The topological polar surface area (TPSA) is 35.0 Å². The molecule has 10 heteroatoms. The molecule has 0 saturated carbocycles. The fourth-order valence-corrected chi connectivity index (χ4v) is 4.59. The number of thiophene rings is 1. The van der Waals surface area contributed by atoms with Crippen molar-refractivity contribution in [3.05, 3.63) is 82.7 Å². The van der Waals surface area contributed by atoms with Crippen molar-refractivity contribution >= 4 is 32.9 Å². The van der Waals surface area contributed by atoms with Crippen LogP contribution in [0.4, 0.5) is 26.3 Å². The predicted molar refractivity (Wildman–Crippen MR) is 122 cm³/mol. The van der Waals surface area contributed by atoms with Crippen molar-refractivity contribution in [3.8, 4) is 22.2 Å². The fourth-order valence-electron chi connectivity index (χ4n) is 3.87. The number of aromatic nitrogens is 2. The summed E-state index contributed by atoms with van der Waals surface area (Å²) < 4.78 is 86.6. The smallest absolute Gasteiger partial charge is 0.420 e. The van der Waals surface area contributed by atoms with Gasteiger partial charge in [0.05, 0.1) is 16.0 Å². The number of fused-ring (bicyclic) bond motifs is 2. The predicted octanol–water partition coefficient (Wildman–Crippen LogP) is 8.65. The molecule has 2 heterocycles. The Hall–Kier alpha value is -3.66. The maximum absolute atomic E-state index is 13.8. The monoisotopic (exact) mass is 504 g/mol. The van der Waals surface area contributed by atoms with Crippen LogP contribution in [-0.2, 0) is 12.4 Å². The zero-order valence-corrected chi connectivity index (χ0v) is 18.6. The molecule has 0 radical (unpaired) electrons. The van der Waals surface area contributed by atoms with Gasteiger partial charge in [-0.2, -0.15) is 26.3 Å². The van der Waals surface area contributed by atoms with Crippen LogP contribution in [0.25, 0.3) is 32.1 Å². The van der Waals surface area contributed by atoms with Crippen LogP contribution in [0.2, 0.25) is 0 Å². The lowest BCUT2D eigenvalue weighted by Gasteiger charge is -2.19. The summed E-state index contributed by atoms with van der Waals surface area (Å²) in [6.07, 6.45) is -10.0. The lowest BCUT2D eigenvalue weighted by atomic mass is 10.0. The summed E-state index contributed by atoms with van der Waals surface area (Å²) in [6, 6.07) is 15.3. The van der Waals surface area contributed by atoms with Crippen molar-refractivity contribution in [1.82, 2.24) is 10.2 Å². The van der Waals surface area contributed by atoms with E-state index in [9.17, 15) is 26.3 Å². The van der Waals surface area contributed by atoms with Gasteiger partial charge < -0.3 is 4.74 Å². The number of benzene rings is 3. The molecule has 0 N–H and O–H groups in total. The molecule has 3 nitrogen and oxygen atoms in total. The Bertz CT molecular complexity index is 1560. The third-order valence-electron chi connectivity index (χ3n) is 5.47. The lowest BCUT2D eigenvalue weighted by Crippen LogP contribution is -2.13. The zero-order chi connectivity index (χ0) is 25.0. The molecular weight excluding hydrogens is 490 g/mol. The molecule has 0 saturated heterocycles. The molecule has 0 fully saturated rings. The van der Waals surface area contributed by atoms with Gasteiger partial charge in [-0.25, -0.2) is 0 Å². The summed E-state index contributed by atoms with van der Waals surface area (Å²) in [5.41, 5.74) is -2.76. The number of hydrogen-bond donors (Lipinski definition) is 0. The van der Waals surface area contributed by atoms with Gasteiger partial charge in [-0.05, 0) is 59.0 Å². The average molecular weight is 504 g/mol. The van der Waals surface area contributed by atoms with E-state index in [0.29, 0.717) is 22.5 Å². The van der Waals surface area contributed by atoms with E-state index in [-0.39, 0.29) is 17.5 Å². The van der Waals surface area contributed by atoms with Crippen LogP contribution in [0.3, 0.4) is 0 Å². The van der Waals surface area contributed by atoms with Crippen LogP contribution < -0.4 is 4.74 Å². The number of nitrogens with zero attached hydrogens (tertiary/aromatic N) is 2. The zero-order valence-electron chi connectivity index (χ0n) is 17.8. The van der Waals surface area contributed by atoms with Crippen LogP contribution in [0.15, 0.2) is 66.0 Å². The minimum atomic E-state index is -5.09. The highest BCUT2D eigenvalue weighted by Crippen LogP contribution is 2.45. The molecule has 5 rings (SSSR count). The maximum Gasteiger partial charge on any atom is 0.420 e. The van der Waals surface area contributed by atoms with Gasteiger partial charge in [0.2, 0.25) is 5.88 Å². The van der Waals surface area contributed by atoms with Gasteiger partial charge in [0, 0.05) is 10.8 Å². The van der Waals surface area contributed by atoms with Gasteiger partial charge in [0.15, 0.2) is 0 Å². The molecule has 178 valence electrons. The summed E-state index contributed by atoms with van der Waals surface area (Å²) in [5.74, 6) is -0.988. The Morgan fingerprint density at radius 2 is 1.46 bits per heavy atom. The second-order valence-electron chi connectivity index (χ2n) is 7.84. The number of ether oxygens (including phenoxy) is 1. The molecule has 2 aromatic heterocycles. The molecule has 0 atom stereocenters. The van der Waals surface area contributed by atoms with Crippen molar-refractivity contribution < 1.29 is 31.1 Å². The van der Waals surface area contributed by atoms with E-state index in [2.05, 4.69) is 10.2 Å². The van der Waals surface area contributed by atoms with Crippen molar-refractivity contribution in [2.45, 2.75) is 19.3 Å². The number of alkyl halides is 6. The normalized spacial score (nSPS) is 12.4. The van der Waals surface area contributed by atoms with Gasteiger partial charge in [-0.3, -0.25) is 0 Å². The summed E-state index contributed by atoms with van der Waals surface area (Å²) in [6.45, 7) is 1.13. The van der Waals surface area contributed by atoms with E-state index in [0.717, 1.165) is 22.6 Å². The second-order valence-corrected chi connectivity index (χ2v) is 8.79.